The molecule has 1 rings (SSSR count). The first kappa shape index (κ1) is 8.56. The summed E-state index contributed by atoms with van der Waals surface area (Å²) in [6.07, 6.45) is -3.63. The molecule has 0 amide bonds. The smallest absolute Gasteiger partial charge is 0.300 e. The minimum Gasteiger partial charge on any atom is -0.300 e. The molecule has 1 aliphatic carbocycles. The molecule has 1 aliphatic rings. The van der Waals surface area contributed by atoms with E-state index >= 15 is 0 Å². The van der Waals surface area contributed by atoms with Crippen molar-refractivity contribution in [1.82, 2.24) is 0 Å². The zero-order valence-electron chi connectivity index (χ0n) is 5.95. The predicted molar refractivity (Wildman–Crippen MR) is 33.0 cm³/mol. The summed E-state index contributed by atoms with van der Waals surface area (Å²) in [4.78, 5) is 10.6. The van der Waals surface area contributed by atoms with Crippen LogP contribution in [0.15, 0.2) is 0 Å². The molecule has 0 N–H and O–H groups in total. The van der Waals surface area contributed by atoms with E-state index in [0.29, 0.717) is 12.8 Å². The molecule has 0 unspecified atom stereocenters. The Morgan fingerprint density at radius 1 is 1.36 bits per heavy atom. The fourth-order valence-electron chi connectivity index (χ4n) is 1.30. The van der Waals surface area contributed by atoms with Crippen molar-refractivity contribution in [3.63, 3.8) is 0 Å². The molecule has 1 nitrogen and oxygen atoms in total. The minimum atomic E-state index is -4.17. The van der Waals surface area contributed by atoms with Crippen molar-refractivity contribution in [3.8, 4) is 0 Å². The van der Waals surface area contributed by atoms with Crippen molar-refractivity contribution in [2.45, 2.75) is 31.9 Å². The Morgan fingerprint density at radius 2 is 2.00 bits per heavy atom. The van der Waals surface area contributed by atoms with Gasteiger partial charge in [0, 0.05) is 12.8 Å². The summed E-state index contributed by atoms with van der Waals surface area (Å²) in [5.74, 6) is -1.62. The van der Waals surface area contributed by atoms with E-state index in [1.165, 1.54) is 0 Å². The molecule has 1 atom stereocenters. The Morgan fingerprint density at radius 3 is 2.36 bits per heavy atom. The molecular formula is C7H9F3O. The summed E-state index contributed by atoms with van der Waals surface area (Å²) in [5.41, 5.74) is 0. The quantitative estimate of drug-likeness (QED) is 0.539. The first-order valence-corrected chi connectivity index (χ1v) is 3.58. The molecule has 11 heavy (non-hydrogen) atoms. The number of carbonyl (C=O) groups is 1. The maximum Gasteiger partial charge on any atom is 0.392 e. The van der Waals surface area contributed by atoms with Gasteiger partial charge in [-0.25, -0.2) is 0 Å². The van der Waals surface area contributed by atoms with Gasteiger partial charge in [0.05, 0.1) is 5.92 Å². The molecule has 0 aromatic heterocycles. The summed E-state index contributed by atoms with van der Waals surface area (Å²) in [6, 6.07) is 0. The van der Waals surface area contributed by atoms with E-state index in [0.717, 1.165) is 0 Å². The van der Waals surface area contributed by atoms with Gasteiger partial charge in [0.1, 0.15) is 5.78 Å². The monoisotopic (exact) mass is 166 g/mol. The molecule has 0 spiro atoms. The maximum absolute atomic E-state index is 12.0. The van der Waals surface area contributed by atoms with Crippen molar-refractivity contribution in [2.24, 2.45) is 5.92 Å². The number of hydrogen-bond donors (Lipinski definition) is 0. The van der Waals surface area contributed by atoms with Crippen LogP contribution in [0.2, 0.25) is 0 Å². The van der Waals surface area contributed by atoms with Gasteiger partial charge < -0.3 is 0 Å². The van der Waals surface area contributed by atoms with Crippen LogP contribution in [0.4, 0.5) is 13.2 Å². The van der Waals surface area contributed by atoms with E-state index in [-0.39, 0.29) is 18.6 Å². The van der Waals surface area contributed by atoms with Crippen molar-refractivity contribution in [3.05, 3.63) is 0 Å². The molecule has 0 radical (unpaired) electrons. The van der Waals surface area contributed by atoms with Crippen LogP contribution in [-0.4, -0.2) is 12.0 Å². The number of Topliss-reactive ketones (excluding diaryl/α,β-unsaturated/α-hetero) is 1. The van der Waals surface area contributed by atoms with Crippen LogP contribution >= 0.6 is 0 Å². The van der Waals surface area contributed by atoms with Gasteiger partial charge in [0.2, 0.25) is 0 Å². The molecule has 0 heterocycles. The number of halogens is 3. The number of rotatable bonds is 0. The molecule has 4 heteroatoms. The summed E-state index contributed by atoms with van der Waals surface area (Å²) < 4.78 is 35.9. The zero-order valence-corrected chi connectivity index (χ0v) is 5.95. The lowest BCUT2D eigenvalue weighted by molar-refractivity contribution is -0.183. The number of alkyl halides is 3. The second-order valence-corrected chi connectivity index (χ2v) is 2.87. The van der Waals surface area contributed by atoms with E-state index in [1.807, 2.05) is 0 Å². The molecule has 0 aliphatic heterocycles. The van der Waals surface area contributed by atoms with Gasteiger partial charge >= 0.3 is 6.18 Å². The van der Waals surface area contributed by atoms with Crippen LogP contribution in [0.25, 0.3) is 0 Å². The molecule has 1 saturated carbocycles. The Labute approximate surface area is 62.6 Å². The van der Waals surface area contributed by atoms with Crippen LogP contribution in [-0.2, 0) is 4.79 Å². The van der Waals surface area contributed by atoms with Gasteiger partial charge in [-0.15, -0.1) is 0 Å². The molecular weight excluding hydrogens is 157 g/mol. The molecule has 64 valence electrons. The van der Waals surface area contributed by atoms with Gasteiger partial charge in [-0.1, -0.05) is 0 Å². The first-order valence-electron chi connectivity index (χ1n) is 3.58. The normalized spacial score (nSPS) is 27.2. The summed E-state index contributed by atoms with van der Waals surface area (Å²) in [6.45, 7) is 0. The van der Waals surface area contributed by atoms with Crippen LogP contribution in [0.5, 0.6) is 0 Å². The van der Waals surface area contributed by atoms with Crippen LogP contribution < -0.4 is 0 Å². The van der Waals surface area contributed by atoms with Gasteiger partial charge in [-0.2, -0.15) is 13.2 Å². The van der Waals surface area contributed by atoms with E-state index in [2.05, 4.69) is 0 Å². The molecule has 0 aromatic carbocycles. The van der Waals surface area contributed by atoms with Gasteiger partial charge in [0.25, 0.3) is 0 Å². The third-order valence-corrected chi connectivity index (χ3v) is 1.95. The van der Waals surface area contributed by atoms with Crippen LogP contribution in [0.3, 0.4) is 0 Å². The van der Waals surface area contributed by atoms with Crippen molar-refractivity contribution in [2.75, 3.05) is 0 Å². The van der Waals surface area contributed by atoms with Crippen LogP contribution in [0, 0.1) is 5.92 Å². The first-order chi connectivity index (χ1) is 5.00. The van der Waals surface area contributed by atoms with Crippen LogP contribution in [0.1, 0.15) is 25.7 Å². The Bertz CT molecular complexity index is 162. The lowest BCUT2D eigenvalue weighted by Crippen LogP contribution is -2.28. The second-order valence-electron chi connectivity index (χ2n) is 2.87. The van der Waals surface area contributed by atoms with Crippen molar-refractivity contribution >= 4 is 5.78 Å². The summed E-state index contributed by atoms with van der Waals surface area (Å²) >= 11 is 0. The second kappa shape index (κ2) is 2.83. The lowest BCUT2D eigenvalue weighted by Gasteiger charge is -2.22. The highest BCUT2D eigenvalue weighted by Crippen LogP contribution is 2.35. The summed E-state index contributed by atoms with van der Waals surface area (Å²) in [5, 5.41) is 0. The van der Waals surface area contributed by atoms with Gasteiger partial charge in [0.15, 0.2) is 0 Å². The maximum atomic E-state index is 12.0. The fourth-order valence-corrected chi connectivity index (χ4v) is 1.30. The average Bonchev–Trinajstić information content (AvgIpc) is 1.86. The predicted octanol–water partition coefficient (Wildman–Crippen LogP) is 2.31. The van der Waals surface area contributed by atoms with Crippen molar-refractivity contribution < 1.29 is 18.0 Å². The minimum absolute atomic E-state index is 0.120. The molecule has 0 saturated heterocycles. The third-order valence-electron chi connectivity index (χ3n) is 1.95. The third kappa shape index (κ3) is 2.20. The average molecular weight is 166 g/mol. The summed E-state index contributed by atoms with van der Waals surface area (Å²) in [7, 11) is 0. The van der Waals surface area contributed by atoms with Crippen molar-refractivity contribution in [1.29, 1.82) is 0 Å². The molecule has 0 aromatic rings. The fraction of sp³-hybridized carbons (Fsp3) is 0.857. The number of hydrogen-bond acceptors (Lipinski definition) is 1. The van der Waals surface area contributed by atoms with E-state index in [1.54, 1.807) is 0 Å². The largest absolute Gasteiger partial charge is 0.392 e. The Kier molecular flexibility index (Phi) is 2.20. The number of carbonyl (C=O) groups excluding carboxylic acids is 1. The highest BCUT2D eigenvalue weighted by molar-refractivity contribution is 5.79. The number of ketones is 1. The van der Waals surface area contributed by atoms with E-state index < -0.39 is 12.1 Å². The highest BCUT2D eigenvalue weighted by Gasteiger charge is 2.41. The standard InChI is InChI=1S/C7H9F3O/c8-7(9,10)5-2-1-3-6(11)4-5/h5H,1-4H2/t5-/m1/s1. The Hall–Kier alpha value is -0.540. The molecule has 0 bridgehead atoms. The van der Waals surface area contributed by atoms with Gasteiger partial charge in [-0.3, -0.25) is 4.79 Å². The van der Waals surface area contributed by atoms with Gasteiger partial charge in [-0.05, 0) is 12.8 Å². The van der Waals surface area contributed by atoms with E-state index in [9.17, 15) is 18.0 Å². The lowest BCUT2D eigenvalue weighted by atomic mass is 9.88. The SMILES string of the molecule is O=C1CCC[C@@H](C(F)(F)F)C1. The zero-order chi connectivity index (χ0) is 8.48. The van der Waals surface area contributed by atoms with E-state index in [4.69, 9.17) is 0 Å². The Balaban J connectivity index is 2.53. The topological polar surface area (TPSA) is 17.1 Å². The molecule has 1 fully saturated rings. The highest BCUT2D eigenvalue weighted by atomic mass is 19.4.